The molecule has 0 saturated heterocycles. The summed E-state index contributed by atoms with van der Waals surface area (Å²) in [5.41, 5.74) is -0.469. The molecule has 0 radical (unpaired) electrons. The van der Waals surface area contributed by atoms with E-state index in [0.29, 0.717) is 30.8 Å². The Balaban J connectivity index is 1.59. The molecule has 2 fully saturated rings. The minimum Gasteiger partial charge on any atom is -0.424 e. The van der Waals surface area contributed by atoms with Crippen molar-refractivity contribution in [3.05, 3.63) is 11.8 Å². The van der Waals surface area contributed by atoms with Crippen LogP contribution >= 0.6 is 0 Å². The quantitative estimate of drug-likeness (QED) is 0.806. The number of carbonyl (C=O) groups excluding carboxylic acids is 1. The zero-order chi connectivity index (χ0) is 15.6. The summed E-state index contributed by atoms with van der Waals surface area (Å²) in [5, 5.41) is 14.7. The first kappa shape index (κ1) is 15.5. The van der Waals surface area contributed by atoms with Crippen LogP contribution in [-0.4, -0.2) is 28.2 Å². The lowest BCUT2D eigenvalue weighted by Crippen LogP contribution is -2.55. The van der Waals surface area contributed by atoms with Crippen molar-refractivity contribution in [1.82, 2.24) is 20.8 Å². The highest BCUT2D eigenvalue weighted by Crippen LogP contribution is 2.39. The van der Waals surface area contributed by atoms with Gasteiger partial charge in [-0.3, -0.25) is 10.1 Å². The Morgan fingerprint density at radius 1 is 1.32 bits per heavy atom. The second-order valence-corrected chi connectivity index (χ2v) is 7.05. The van der Waals surface area contributed by atoms with Crippen molar-refractivity contribution in [2.45, 2.75) is 70.4 Å². The van der Waals surface area contributed by atoms with Crippen LogP contribution in [0.3, 0.4) is 0 Å². The van der Waals surface area contributed by atoms with Gasteiger partial charge in [-0.15, -0.1) is 10.2 Å². The minimum atomic E-state index is -0.469. The molecule has 0 aromatic carbocycles. The average molecular weight is 306 g/mol. The van der Waals surface area contributed by atoms with E-state index in [1.54, 1.807) is 0 Å². The summed E-state index contributed by atoms with van der Waals surface area (Å²) in [6.45, 7) is 5.39. The molecular formula is C16H26N4O2. The molecule has 0 bridgehead atoms. The smallest absolute Gasteiger partial charge is 0.240 e. The first-order valence-electron chi connectivity index (χ1n) is 8.45. The highest BCUT2D eigenvalue weighted by Gasteiger charge is 2.41. The van der Waals surface area contributed by atoms with Crippen molar-refractivity contribution >= 4 is 5.91 Å². The maximum absolute atomic E-state index is 12.6. The molecule has 6 nitrogen and oxygen atoms in total. The van der Waals surface area contributed by atoms with E-state index in [0.717, 1.165) is 44.4 Å². The Bertz CT molecular complexity index is 516. The number of amides is 1. The standard InChI is InChI=1S/C16H26N4O2/c1-11(2)9-17-15(21)16(7-3-4-8-16)18-10-13-19-20-14(22-13)12-5-6-12/h11-12,18H,3-10H2,1-2H3,(H,17,21). The van der Waals surface area contributed by atoms with Crippen molar-refractivity contribution in [2.75, 3.05) is 6.54 Å². The summed E-state index contributed by atoms with van der Waals surface area (Å²) < 4.78 is 5.67. The fourth-order valence-corrected chi connectivity index (χ4v) is 3.01. The first-order chi connectivity index (χ1) is 10.6. The van der Waals surface area contributed by atoms with Crippen molar-refractivity contribution in [3.8, 4) is 0 Å². The lowest BCUT2D eigenvalue weighted by atomic mass is 9.96. The number of hydrogen-bond donors (Lipinski definition) is 2. The number of nitrogens with one attached hydrogen (secondary N) is 2. The lowest BCUT2D eigenvalue weighted by Gasteiger charge is -2.29. The molecule has 0 spiro atoms. The van der Waals surface area contributed by atoms with Crippen LogP contribution in [0.2, 0.25) is 0 Å². The molecule has 1 aromatic rings. The van der Waals surface area contributed by atoms with Crippen LogP contribution in [0.1, 0.15) is 70.1 Å². The van der Waals surface area contributed by atoms with Gasteiger partial charge in [0.25, 0.3) is 0 Å². The molecule has 6 heteroatoms. The molecule has 1 heterocycles. The van der Waals surface area contributed by atoms with Gasteiger partial charge in [0.2, 0.25) is 17.7 Å². The molecule has 0 aliphatic heterocycles. The van der Waals surface area contributed by atoms with Crippen LogP contribution in [-0.2, 0) is 11.3 Å². The van der Waals surface area contributed by atoms with E-state index >= 15 is 0 Å². The number of carbonyl (C=O) groups is 1. The molecule has 0 unspecified atom stereocenters. The zero-order valence-corrected chi connectivity index (χ0v) is 13.5. The van der Waals surface area contributed by atoms with E-state index in [2.05, 4.69) is 34.7 Å². The zero-order valence-electron chi connectivity index (χ0n) is 13.5. The third-order valence-corrected chi connectivity index (χ3v) is 4.55. The Labute approximate surface area is 131 Å². The second-order valence-electron chi connectivity index (χ2n) is 7.05. The number of aromatic nitrogens is 2. The number of rotatable bonds is 7. The van der Waals surface area contributed by atoms with Gasteiger partial charge in [0, 0.05) is 12.5 Å². The molecular weight excluding hydrogens is 280 g/mol. The molecule has 22 heavy (non-hydrogen) atoms. The summed E-state index contributed by atoms with van der Waals surface area (Å²) in [6, 6.07) is 0. The molecule has 2 saturated carbocycles. The van der Waals surface area contributed by atoms with Crippen molar-refractivity contribution in [3.63, 3.8) is 0 Å². The normalized spacial score (nSPS) is 20.5. The van der Waals surface area contributed by atoms with Gasteiger partial charge >= 0.3 is 0 Å². The molecule has 122 valence electrons. The first-order valence-corrected chi connectivity index (χ1v) is 8.45. The Kier molecular flexibility index (Phi) is 4.47. The van der Waals surface area contributed by atoms with Gasteiger partial charge < -0.3 is 9.73 Å². The predicted molar refractivity (Wildman–Crippen MR) is 82.2 cm³/mol. The van der Waals surface area contributed by atoms with Gasteiger partial charge in [0.1, 0.15) is 0 Å². The molecule has 0 atom stereocenters. The van der Waals surface area contributed by atoms with E-state index < -0.39 is 5.54 Å². The van der Waals surface area contributed by atoms with Crippen LogP contribution in [0, 0.1) is 5.92 Å². The van der Waals surface area contributed by atoms with Crippen LogP contribution in [0.15, 0.2) is 4.42 Å². The van der Waals surface area contributed by atoms with Crippen molar-refractivity contribution in [1.29, 1.82) is 0 Å². The minimum absolute atomic E-state index is 0.112. The monoisotopic (exact) mass is 306 g/mol. The molecule has 2 aliphatic carbocycles. The topological polar surface area (TPSA) is 80.0 Å². The second kappa shape index (κ2) is 6.36. The van der Waals surface area contributed by atoms with E-state index in [1.807, 2.05) is 0 Å². The van der Waals surface area contributed by atoms with Gasteiger partial charge in [-0.1, -0.05) is 26.7 Å². The Hall–Kier alpha value is -1.43. The van der Waals surface area contributed by atoms with Gasteiger partial charge in [0.15, 0.2) is 0 Å². The Morgan fingerprint density at radius 3 is 2.68 bits per heavy atom. The van der Waals surface area contributed by atoms with Crippen LogP contribution in [0.25, 0.3) is 0 Å². The van der Waals surface area contributed by atoms with E-state index in [9.17, 15) is 4.79 Å². The molecule has 1 amide bonds. The fraction of sp³-hybridized carbons (Fsp3) is 0.812. The van der Waals surface area contributed by atoms with Crippen molar-refractivity contribution in [2.24, 2.45) is 5.92 Å². The predicted octanol–water partition coefficient (Wildman–Crippen LogP) is 2.12. The Morgan fingerprint density at radius 2 is 2.05 bits per heavy atom. The van der Waals surface area contributed by atoms with Crippen molar-refractivity contribution < 1.29 is 9.21 Å². The SMILES string of the molecule is CC(C)CNC(=O)C1(NCc2nnc(C3CC3)o2)CCCC1. The summed E-state index contributed by atoms with van der Waals surface area (Å²) in [5.74, 6) is 2.38. The van der Waals surface area contributed by atoms with E-state index in [-0.39, 0.29) is 5.91 Å². The van der Waals surface area contributed by atoms with Crippen LogP contribution in [0.5, 0.6) is 0 Å². The fourth-order valence-electron chi connectivity index (χ4n) is 3.01. The molecule has 2 aliphatic rings. The van der Waals surface area contributed by atoms with Gasteiger partial charge in [0.05, 0.1) is 12.1 Å². The van der Waals surface area contributed by atoms with Crippen LogP contribution in [0.4, 0.5) is 0 Å². The molecule has 3 rings (SSSR count). The maximum atomic E-state index is 12.6. The van der Waals surface area contributed by atoms with Gasteiger partial charge in [-0.05, 0) is 31.6 Å². The maximum Gasteiger partial charge on any atom is 0.240 e. The largest absolute Gasteiger partial charge is 0.424 e. The summed E-state index contributed by atoms with van der Waals surface area (Å²) in [7, 11) is 0. The average Bonchev–Trinajstić information content (AvgIpc) is 3.05. The summed E-state index contributed by atoms with van der Waals surface area (Å²) in [4.78, 5) is 12.6. The number of hydrogen-bond acceptors (Lipinski definition) is 5. The molecule has 1 aromatic heterocycles. The van der Waals surface area contributed by atoms with Gasteiger partial charge in [-0.2, -0.15) is 0 Å². The lowest BCUT2D eigenvalue weighted by molar-refractivity contribution is -0.127. The summed E-state index contributed by atoms with van der Waals surface area (Å²) >= 11 is 0. The number of nitrogens with zero attached hydrogens (tertiary/aromatic N) is 2. The van der Waals surface area contributed by atoms with Gasteiger partial charge in [-0.25, -0.2) is 0 Å². The third kappa shape index (κ3) is 3.48. The summed E-state index contributed by atoms with van der Waals surface area (Å²) in [6.07, 6.45) is 6.22. The van der Waals surface area contributed by atoms with Crippen LogP contribution < -0.4 is 10.6 Å². The highest BCUT2D eigenvalue weighted by atomic mass is 16.4. The van der Waals surface area contributed by atoms with E-state index in [4.69, 9.17) is 4.42 Å². The third-order valence-electron chi connectivity index (χ3n) is 4.55. The van der Waals surface area contributed by atoms with E-state index in [1.165, 1.54) is 0 Å². The molecule has 2 N–H and O–H groups in total. The highest BCUT2D eigenvalue weighted by molar-refractivity contribution is 5.86.